The topological polar surface area (TPSA) is 84.7 Å². The third-order valence-corrected chi connectivity index (χ3v) is 3.27. The number of anilines is 1. The lowest BCUT2D eigenvalue weighted by Crippen LogP contribution is -2.28. The summed E-state index contributed by atoms with van der Waals surface area (Å²) < 4.78 is 1.60. The van der Waals surface area contributed by atoms with Crippen molar-refractivity contribution in [1.82, 2.24) is 25.5 Å². The monoisotopic (exact) mass is 308 g/mol. The van der Waals surface area contributed by atoms with Crippen LogP contribution in [0.25, 0.3) is 5.69 Å². The molecule has 1 heterocycles. The number of aromatic nitrogens is 4. The van der Waals surface area contributed by atoms with Gasteiger partial charge in [-0.05, 0) is 41.1 Å². The number of urea groups is 1. The normalized spacial score (nSPS) is 10.3. The van der Waals surface area contributed by atoms with Crippen molar-refractivity contribution >= 4 is 11.7 Å². The molecule has 3 aromatic rings. The van der Waals surface area contributed by atoms with Crippen molar-refractivity contribution < 1.29 is 4.79 Å². The molecule has 1 aromatic heterocycles. The molecule has 0 aliphatic rings. The number of tetrazole rings is 1. The van der Waals surface area contributed by atoms with E-state index in [0.717, 1.165) is 11.3 Å². The first-order chi connectivity index (χ1) is 11.2. The van der Waals surface area contributed by atoms with Gasteiger partial charge in [-0.3, -0.25) is 0 Å². The Morgan fingerprint density at radius 1 is 1.13 bits per heavy atom. The average molecular weight is 308 g/mol. The molecule has 0 radical (unpaired) electrons. The molecule has 3 rings (SSSR count). The van der Waals surface area contributed by atoms with Crippen LogP contribution in [-0.4, -0.2) is 26.2 Å². The molecule has 0 aliphatic heterocycles. The van der Waals surface area contributed by atoms with Crippen molar-refractivity contribution in [2.75, 3.05) is 5.32 Å². The minimum atomic E-state index is -0.264. The van der Waals surface area contributed by atoms with E-state index in [9.17, 15) is 4.79 Å². The number of carbonyl (C=O) groups excluding carboxylic acids is 1. The second kappa shape index (κ2) is 6.69. The summed E-state index contributed by atoms with van der Waals surface area (Å²) in [5.41, 5.74) is 2.50. The van der Waals surface area contributed by atoms with E-state index in [-0.39, 0.29) is 6.03 Å². The summed E-state index contributed by atoms with van der Waals surface area (Å²) in [6.07, 6.45) is 0. The van der Waals surface area contributed by atoms with Gasteiger partial charge >= 0.3 is 6.03 Å². The number of aryl methyl sites for hydroxylation is 1. The van der Waals surface area contributed by atoms with Crippen molar-refractivity contribution in [3.05, 3.63) is 66.0 Å². The Balaban J connectivity index is 1.64. The van der Waals surface area contributed by atoms with Crippen LogP contribution < -0.4 is 10.6 Å². The Bertz CT molecular complexity index is 799. The highest BCUT2D eigenvalue weighted by molar-refractivity contribution is 5.89. The summed E-state index contributed by atoms with van der Waals surface area (Å²) in [6.45, 7) is 2.28. The highest BCUT2D eigenvalue weighted by Gasteiger charge is 2.06. The second-order valence-corrected chi connectivity index (χ2v) is 4.98. The molecule has 7 heteroatoms. The molecule has 0 bridgehead atoms. The summed E-state index contributed by atoms with van der Waals surface area (Å²) in [5, 5.41) is 17.0. The van der Waals surface area contributed by atoms with E-state index in [0.29, 0.717) is 18.1 Å². The molecule has 0 aliphatic carbocycles. The molecular weight excluding hydrogens is 292 g/mol. The third kappa shape index (κ3) is 3.70. The second-order valence-electron chi connectivity index (χ2n) is 4.98. The van der Waals surface area contributed by atoms with E-state index in [4.69, 9.17) is 0 Å². The fourth-order valence-corrected chi connectivity index (χ4v) is 2.14. The summed E-state index contributed by atoms with van der Waals surface area (Å²) in [4.78, 5) is 12.0. The highest BCUT2D eigenvalue weighted by atomic mass is 16.2. The maximum absolute atomic E-state index is 12.0. The van der Waals surface area contributed by atoms with Crippen molar-refractivity contribution in [2.24, 2.45) is 0 Å². The Morgan fingerprint density at radius 2 is 1.96 bits per heavy atom. The van der Waals surface area contributed by atoms with Gasteiger partial charge in [-0.2, -0.15) is 4.68 Å². The van der Waals surface area contributed by atoms with Crippen molar-refractivity contribution in [3.8, 4) is 5.69 Å². The first-order valence-electron chi connectivity index (χ1n) is 7.16. The molecule has 2 aromatic carbocycles. The first kappa shape index (κ1) is 14.7. The third-order valence-electron chi connectivity index (χ3n) is 3.27. The van der Waals surface area contributed by atoms with Gasteiger partial charge in [0.05, 0.1) is 5.69 Å². The van der Waals surface area contributed by atoms with Gasteiger partial charge in [0, 0.05) is 12.2 Å². The van der Waals surface area contributed by atoms with E-state index in [1.165, 1.54) is 0 Å². The summed E-state index contributed by atoms with van der Waals surface area (Å²) >= 11 is 0. The first-order valence-corrected chi connectivity index (χ1v) is 7.16. The lowest BCUT2D eigenvalue weighted by Gasteiger charge is -2.09. The quantitative estimate of drug-likeness (QED) is 0.774. The van der Waals surface area contributed by atoms with Gasteiger partial charge in [0.15, 0.2) is 5.82 Å². The Kier molecular flexibility index (Phi) is 4.28. The average Bonchev–Trinajstić information content (AvgIpc) is 3.00. The zero-order valence-corrected chi connectivity index (χ0v) is 12.6. The smallest absolute Gasteiger partial charge is 0.319 e. The van der Waals surface area contributed by atoms with Crippen LogP contribution in [-0.2, 0) is 6.54 Å². The van der Waals surface area contributed by atoms with E-state index in [2.05, 4.69) is 26.2 Å². The van der Waals surface area contributed by atoms with Crippen LogP contribution in [0.1, 0.15) is 11.4 Å². The van der Waals surface area contributed by atoms with Gasteiger partial charge in [0.1, 0.15) is 0 Å². The Hall–Kier alpha value is -3.22. The number of amides is 2. The van der Waals surface area contributed by atoms with E-state index in [1.54, 1.807) is 4.68 Å². The van der Waals surface area contributed by atoms with Crippen LogP contribution in [0.4, 0.5) is 10.5 Å². The number of hydrogen-bond donors (Lipinski definition) is 2. The number of benzene rings is 2. The Labute approximate surface area is 133 Å². The lowest BCUT2D eigenvalue weighted by atomic mass is 10.2. The molecule has 7 nitrogen and oxygen atoms in total. The van der Waals surface area contributed by atoms with Crippen molar-refractivity contribution in [3.63, 3.8) is 0 Å². The van der Waals surface area contributed by atoms with Crippen LogP contribution in [0.2, 0.25) is 0 Å². The van der Waals surface area contributed by atoms with Gasteiger partial charge in [0.2, 0.25) is 0 Å². The summed E-state index contributed by atoms with van der Waals surface area (Å²) in [6, 6.07) is 16.8. The fourth-order valence-electron chi connectivity index (χ4n) is 2.14. The predicted molar refractivity (Wildman–Crippen MR) is 86.2 cm³/mol. The fraction of sp³-hybridized carbons (Fsp3) is 0.125. The van der Waals surface area contributed by atoms with Crippen LogP contribution in [0.5, 0.6) is 0 Å². The summed E-state index contributed by atoms with van der Waals surface area (Å²) in [5.74, 6) is 0.677. The van der Waals surface area contributed by atoms with Crippen LogP contribution in [0, 0.1) is 6.92 Å². The molecule has 0 fully saturated rings. The van der Waals surface area contributed by atoms with Crippen LogP contribution in [0.3, 0.4) is 0 Å². The van der Waals surface area contributed by atoms with Crippen molar-refractivity contribution in [1.29, 1.82) is 0 Å². The molecule has 0 atom stereocenters. The minimum Gasteiger partial charge on any atom is -0.334 e. The van der Waals surface area contributed by atoms with Gasteiger partial charge in [-0.15, -0.1) is 5.10 Å². The standard InChI is InChI=1S/C16H16N6O/c1-12-19-20-21-22(12)15-9-5-8-14(10-15)18-16(23)17-11-13-6-3-2-4-7-13/h2-10H,11H2,1H3,(H2,17,18,23). The number of nitrogens with zero attached hydrogens (tertiary/aromatic N) is 4. The van der Waals surface area contributed by atoms with Gasteiger partial charge in [0.25, 0.3) is 0 Å². The number of nitrogens with one attached hydrogen (secondary N) is 2. The number of hydrogen-bond acceptors (Lipinski definition) is 4. The lowest BCUT2D eigenvalue weighted by molar-refractivity contribution is 0.251. The van der Waals surface area contributed by atoms with Crippen molar-refractivity contribution in [2.45, 2.75) is 13.5 Å². The zero-order chi connectivity index (χ0) is 16.1. The van der Waals surface area contributed by atoms with E-state index >= 15 is 0 Å². The maximum atomic E-state index is 12.0. The SMILES string of the molecule is Cc1nnnn1-c1cccc(NC(=O)NCc2ccccc2)c1. The molecule has 23 heavy (non-hydrogen) atoms. The molecule has 0 spiro atoms. The highest BCUT2D eigenvalue weighted by Crippen LogP contribution is 2.14. The van der Waals surface area contributed by atoms with Crippen LogP contribution >= 0.6 is 0 Å². The van der Waals surface area contributed by atoms with Gasteiger partial charge < -0.3 is 10.6 Å². The molecule has 2 N–H and O–H groups in total. The maximum Gasteiger partial charge on any atom is 0.319 e. The molecular formula is C16H16N6O. The van der Waals surface area contributed by atoms with Gasteiger partial charge in [-0.1, -0.05) is 36.4 Å². The molecule has 0 saturated carbocycles. The summed E-state index contributed by atoms with van der Waals surface area (Å²) in [7, 11) is 0. The van der Waals surface area contributed by atoms with E-state index in [1.807, 2.05) is 61.5 Å². The molecule has 0 saturated heterocycles. The Morgan fingerprint density at radius 3 is 2.70 bits per heavy atom. The number of carbonyl (C=O) groups is 1. The largest absolute Gasteiger partial charge is 0.334 e. The molecule has 116 valence electrons. The zero-order valence-electron chi connectivity index (χ0n) is 12.6. The van der Waals surface area contributed by atoms with Gasteiger partial charge in [-0.25, -0.2) is 4.79 Å². The molecule has 0 unspecified atom stereocenters. The van der Waals surface area contributed by atoms with Crippen LogP contribution in [0.15, 0.2) is 54.6 Å². The number of rotatable bonds is 4. The minimum absolute atomic E-state index is 0.264. The molecule has 2 amide bonds. The predicted octanol–water partition coefficient (Wildman–Crippen LogP) is 2.29. The van der Waals surface area contributed by atoms with E-state index < -0.39 is 0 Å².